The number of nitrogens with one attached hydrogen (secondary N) is 1. The number of nitrogens with zero attached hydrogens (tertiary/aromatic N) is 2. The molecule has 0 radical (unpaired) electrons. The molecule has 1 heterocycles. The Morgan fingerprint density at radius 1 is 1.22 bits per heavy atom. The number of fused-ring (bicyclic) bond motifs is 1. The number of rotatable bonds is 3. The second-order valence-corrected chi connectivity index (χ2v) is 5.04. The van der Waals surface area contributed by atoms with Gasteiger partial charge in [-0.3, -0.25) is 0 Å². The lowest BCUT2D eigenvalue weighted by Gasteiger charge is -2.22. The van der Waals surface area contributed by atoms with E-state index < -0.39 is 5.60 Å². The van der Waals surface area contributed by atoms with Gasteiger partial charge in [-0.2, -0.15) is 0 Å². The van der Waals surface area contributed by atoms with Gasteiger partial charge in [-0.15, -0.1) is 0 Å². The van der Waals surface area contributed by atoms with Crippen molar-refractivity contribution in [3.63, 3.8) is 0 Å². The summed E-state index contributed by atoms with van der Waals surface area (Å²) in [4.78, 5) is 8.70. The molecule has 0 saturated heterocycles. The Hall–Kier alpha value is -1.68. The van der Waals surface area contributed by atoms with Gasteiger partial charge in [0.2, 0.25) is 5.95 Å². The van der Waals surface area contributed by atoms with Gasteiger partial charge in [0.1, 0.15) is 0 Å². The van der Waals surface area contributed by atoms with Gasteiger partial charge in [0, 0.05) is 18.1 Å². The summed E-state index contributed by atoms with van der Waals surface area (Å²) in [6, 6.07) is 7.89. The van der Waals surface area contributed by atoms with Crippen molar-refractivity contribution in [1.82, 2.24) is 9.97 Å². The van der Waals surface area contributed by atoms with Crippen molar-refractivity contribution in [2.75, 3.05) is 11.9 Å². The lowest BCUT2D eigenvalue weighted by molar-refractivity contribution is 0.0613. The van der Waals surface area contributed by atoms with Crippen molar-refractivity contribution in [1.29, 1.82) is 0 Å². The lowest BCUT2D eigenvalue weighted by Crippen LogP contribution is -2.33. The summed E-state index contributed by atoms with van der Waals surface area (Å²) >= 11 is 0. The van der Waals surface area contributed by atoms with E-state index in [9.17, 15) is 5.11 Å². The van der Waals surface area contributed by atoms with E-state index in [2.05, 4.69) is 15.3 Å². The van der Waals surface area contributed by atoms with Crippen LogP contribution in [-0.2, 0) is 0 Å². The normalized spacial score (nSPS) is 18.1. The van der Waals surface area contributed by atoms with Gasteiger partial charge in [-0.25, -0.2) is 9.97 Å². The number of hydrogen-bond donors (Lipinski definition) is 2. The monoisotopic (exact) mass is 243 g/mol. The first-order valence-electron chi connectivity index (χ1n) is 6.43. The zero-order valence-electron chi connectivity index (χ0n) is 10.3. The van der Waals surface area contributed by atoms with Crippen molar-refractivity contribution < 1.29 is 5.11 Å². The standard InChI is InChI=1S/C14H17N3O/c18-14(7-3-4-8-14)10-16-13-15-9-11-5-1-2-6-12(11)17-13/h1-2,5-6,9,18H,3-4,7-8,10H2,(H,15,16,17). The summed E-state index contributed by atoms with van der Waals surface area (Å²) < 4.78 is 0. The fourth-order valence-corrected chi connectivity index (χ4v) is 2.51. The van der Waals surface area contributed by atoms with Crippen LogP contribution in [0.15, 0.2) is 30.5 Å². The molecule has 0 atom stereocenters. The Kier molecular flexibility index (Phi) is 2.88. The first kappa shape index (κ1) is 11.4. The summed E-state index contributed by atoms with van der Waals surface area (Å²) in [5.74, 6) is 0.592. The van der Waals surface area contributed by atoms with Crippen molar-refractivity contribution in [3.05, 3.63) is 30.5 Å². The van der Waals surface area contributed by atoms with E-state index in [4.69, 9.17) is 0 Å². The van der Waals surface area contributed by atoms with Crippen molar-refractivity contribution in [2.24, 2.45) is 0 Å². The number of aromatic nitrogens is 2. The fraction of sp³-hybridized carbons (Fsp3) is 0.429. The predicted molar refractivity (Wildman–Crippen MR) is 71.4 cm³/mol. The highest BCUT2D eigenvalue weighted by Crippen LogP contribution is 2.29. The van der Waals surface area contributed by atoms with Gasteiger partial charge < -0.3 is 10.4 Å². The molecule has 1 saturated carbocycles. The Morgan fingerprint density at radius 3 is 2.83 bits per heavy atom. The van der Waals surface area contributed by atoms with Crippen LogP contribution < -0.4 is 5.32 Å². The largest absolute Gasteiger partial charge is 0.388 e. The molecule has 0 unspecified atom stereocenters. The third kappa shape index (κ3) is 2.29. The van der Waals surface area contributed by atoms with Gasteiger partial charge in [0.05, 0.1) is 11.1 Å². The van der Waals surface area contributed by atoms with Gasteiger partial charge in [-0.1, -0.05) is 31.0 Å². The van der Waals surface area contributed by atoms with Crippen LogP contribution >= 0.6 is 0 Å². The SMILES string of the molecule is OC1(CNc2ncc3ccccc3n2)CCCC1. The van der Waals surface area contributed by atoms with Gasteiger partial charge in [0.15, 0.2) is 0 Å². The average molecular weight is 243 g/mol. The van der Waals surface area contributed by atoms with Crippen LogP contribution in [0.2, 0.25) is 0 Å². The molecule has 4 heteroatoms. The summed E-state index contributed by atoms with van der Waals surface area (Å²) in [6.45, 7) is 0.533. The maximum absolute atomic E-state index is 10.2. The van der Waals surface area contributed by atoms with E-state index in [-0.39, 0.29) is 0 Å². The first-order chi connectivity index (χ1) is 8.75. The number of benzene rings is 1. The van der Waals surface area contributed by atoms with E-state index in [1.54, 1.807) is 0 Å². The molecule has 4 nitrogen and oxygen atoms in total. The smallest absolute Gasteiger partial charge is 0.223 e. The Bertz CT molecular complexity index is 549. The molecule has 1 aromatic carbocycles. The quantitative estimate of drug-likeness (QED) is 0.868. The van der Waals surface area contributed by atoms with Crippen LogP contribution in [0.5, 0.6) is 0 Å². The van der Waals surface area contributed by atoms with Crippen LogP contribution in [0.1, 0.15) is 25.7 Å². The maximum atomic E-state index is 10.2. The third-order valence-corrected chi connectivity index (χ3v) is 3.60. The third-order valence-electron chi connectivity index (χ3n) is 3.60. The maximum Gasteiger partial charge on any atom is 0.223 e. The summed E-state index contributed by atoms with van der Waals surface area (Å²) in [5, 5.41) is 14.4. The first-order valence-corrected chi connectivity index (χ1v) is 6.43. The number of aliphatic hydroxyl groups is 1. The van der Waals surface area contributed by atoms with Crippen molar-refractivity contribution >= 4 is 16.9 Å². The molecule has 0 spiro atoms. The second kappa shape index (κ2) is 4.53. The molecule has 18 heavy (non-hydrogen) atoms. The molecule has 1 aliphatic rings. The Morgan fingerprint density at radius 2 is 2.00 bits per heavy atom. The zero-order valence-corrected chi connectivity index (χ0v) is 10.3. The Balaban J connectivity index is 1.74. The average Bonchev–Trinajstić information content (AvgIpc) is 2.84. The summed E-state index contributed by atoms with van der Waals surface area (Å²) in [7, 11) is 0. The molecule has 1 aromatic heterocycles. The molecule has 2 N–H and O–H groups in total. The molecule has 2 aromatic rings. The van der Waals surface area contributed by atoms with Crippen LogP contribution in [0.4, 0.5) is 5.95 Å². The van der Waals surface area contributed by atoms with Crippen LogP contribution in [0.3, 0.4) is 0 Å². The molecule has 1 aliphatic carbocycles. The molecule has 0 bridgehead atoms. The van der Waals surface area contributed by atoms with E-state index in [0.717, 1.165) is 36.6 Å². The van der Waals surface area contributed by atoms with Crippen LogP contribution in [0, 0.1) is 0 Å². The lowest BCUT2D eigenvalue weighted by atomic mass is 10.0. The molecule has 0 aliphatic heterocycles. The van der Waals surface area contributed by atoms with E-state index >= 15 is 0 Å². The van der Waals surface area contributed by atoms with Gasteiger partial charge >= 0.3 is 0 Å². The minimum atomic E-state index is -0.574. The zero-order chi connectivity index (χ0) is 12.4. The minimum Gasteiger partial charge on any atom is -0.388 e. The van der Waals surface area contributed by atoms with Crippen LogP contribution in [-0.4, -0.2) is 27.2 Å². The van der Waals surface area contributed by atoms with Crippen LogP contribution in [0.25, 0.3) is 10.9 Å². The summed E-state index contributed by atoms with van der Waals surface area (Å²) in [5.41, 5.74) is 0.350. The van der Waals surface area contributed by atoms with Gasteiger partial charge in [-0.05, 0) is 18.9 Å². The van der Waals surface area contributed by atoms with E-state index in [1.807, 2.05) is 30.5 Å². The van der Waals surface area contributed by atoms with Gasteiger partial charge in [0.25, 0.3) is 0 Å². The Labute approximate surface area is 106 Å². The highest BCUT2D eigenvalue weighted by molar-refractivity contribution is 5.78. The highest BCUT2D eigenvalue weighted by Gasteiger charge is 2.30. The molecule has 94 valence electrons. The molecular formula is C14H17N3O. The molecule has 3 rings (SSSR count). The van der Waals surface area contributed by atoms with Crippen molar-refractivity contribution in [2.45, 2.75) is 31.3 Å². The molecule has 1 fully saturated rings. The van der Waals surface area contributed by atoms with E-state index in [1.165, 1.54) is 0 Å². The molecular weight excluding hydrogens is 226 g/mol. The minimum absolute atomic E-state index is 0.533. The number of para-hydroxylation sites is 1. The number of hydrogen-bond acceptors (Lipinski definition) is 4. The predicted octanol–water partition coefficient (Wildman–Crippen LogP) is 2.35. The highest BCUT2D eigenvalue weighted by atomic mass is 16.3. The fourth-order valence-electron chi connectivity index (χ4n) is 2.51. The number of anilines is 1. The second-order valence-electron chi connectivity index (χ2n) is 5.04. The topological polar surface area (TPSA) is 58.0 Å². The van der Waals surface area contributed by atoms with E-state index in [0.29, 0.717) is 12.5 Å². The summed E-state index contributed by atoms with van der Waals surface area (Å²) in [6.07, 6.45) is 5.76. The van der Waals surface area contributed by atoms with Crippen molar-refractivity contribution in [3.8, 4) is 0 Å². The molecule has 0 amide bonds.